The zero-order chi connectivity index (χ0) is 9.14. The van der Waals surface area contributed by atoms with E-state index in [-0.39, 0.29) is 5.95 Å². The second-order valence-electron chi connectivity index (χ2n) is 2.90. The minimum absolute atomic E-state index is 0.253. The molecule has 0 aliphatic rings. The van der Waals surface area contributed by atoms with Crippen molar-refractivity contribution in [1.82, 2.24) is 19.8 Å². The molecule has 0 bridgehead atoms. The Bertz CT molecular complexity index is 253. The SMILES string of the molecule is CN(C)CCc1nnc(N)n1N. The Kier molecular flexibility index (Phi) is 2.49. The number of hydrogen-bond acceptors (Lipinski definition) is 5. The largest absolute Gasteiger partial charge is 0.366 e. The Hall–Kier alpha value is -1.30. The molecule has 6 heteroatoms. The molecular weight excluding hydrogens is 156 g/mol. The van der Waals surface area contributed by atoms with Crippen LogP contribution < -0.4 is 11.6 Å². The van der Waals surface area contributed by atoms with Crippen LogP contribution in [0.25, 0.3) is 0 Å². The highest BCUT2D eigenvalue weighted by atomic mass is 15.4. The van der Waals surface area contributed by atoms with Gasteiger partial charge in [0, 0.05) is 13.0 Å². The van der Waals surface area contributed by atoms with Crippen molar-refractivity contribution in [3.63, 3.8) is 0 Å². The quantitative estimate of drug-likeness (QED) is 0.549. The van der Waals surface area contributed by atoms with Gasteiger partial charge in [-0.25, -0.2) is 4.68 Å². The molecule has 0 fully saturated rings. The lowest BCUT2D eigenvalue weighted by Gasteiger charge is -2.07. The van der Waals surface area contributed by atoms with Crippen LogP contribution in [-0.2, 0) is 6.42 Å². The summed E-state index contributed by atoms with van der Waals surface area (Å²) < 4.78 is 1.31. The van der Waals surface area contributed by atoms with Gasteiger partial charge in [0.05, 0.1) is 0 Å². The van der Waals surface area contributed by atoms with E-state index in [1.54, 1.807) is 0 Å². The fourth-order valence-electron chi connectivity index (χ4n) is 0.832. The molecule has 0 saturated carbocycles. The lowest BCUT2D eigenvalue weighted by molar-refractivity contribution is 0.408. The maximum absolute atomic E-state index is 5.54. The van der Waals surface area contributed by atoms with E-state index < -0.39 is 0 Å². The second kappa shape index (κ2) is 3.40. The van der Waals surface area contributed by atoms with Gasteiger partial charge in [0.15, 0.2) is 5.82 Å². The minimum Gasteiger partial charge on any atom is -0.366 e. The lowest BCUT2D eigenvalue weighted by atomic mass is 10.4. The maximum atomic E-state index is 5.54. The third kappa shape index (κ3) is 1.85. The molecule has 12 heavy (non-hydrogen) atoms. The molecule has 1 heterocycles. The Morgan fingerprint density at radius 1 is 1.42 bits per heavy atom. The van der Waals surface area contributed by atoms with Crippen LogP contribution in [0.2, 0.25) is 0 Å². The number of rotatable bonds is 3. The molecule has 1 aromatic rings. The second-order valence-corrected chi connectivity index (χ2v) is 2.90. The van der Waals surface area contributed by atoms with Crippen molar-refractivity contribution < 1.29 is 0 Å². The number of nitrogens with zero attached hydrogens (tertiary/aromatic N) is 4. The highest BCUT2D eigenvalue weighted by molar-refractivity contribution is 5.17. The molecule has 0 atom stereocenters. The van der Waals surface area contributed by atoms with Crippen molar-refractivity contribution in [2.24, 2.45) is 0 Å². The molecule has 0 spiro atoms. The molecule has 6 nitrogen and oxygen atoms in total. The van der Waals surface area contributed by atoms with Crippen LogP contribution in [-0.4, -0.2) is 40.4 Å². The van der Waals surface area contributed by atoms with Gasteiger partial charge in [0.1, 0.15) is 0 Å². The fourth-order valence-corrected chi connectivity index (χ4v) is 0.832. The summed E-state index contributed by atoms with van der Waals surface area (Å²) in [5.41, 5.74) is 5.40. The zero-order valence-electron chi connectivity index (χ0n) is 7.36. The van der Waals surface area contributed by atoms with Crippen LogP contribution in [0.1, 0.15) is 5.82 Å². The van der Waals surface area contributed by atoms with Gasteiger partial charge in [0.25, 0.3) is 0 Å². The van der Waals surface area contributed by atoms with E-state index in [4.69, 9.17) is 11.6 Å². The summed E-state index contributed by atoms with van der Waals surface area (Å²) in [5, 5.41) is 7.46. The van der Waals surface area contributed by atoms with Gasteiger partial charge >= 0.3 is 0 Å². The third-order valence-corrected chi connectivity index (χ3v) is 1.58. The van der Waals surface area contributed by atoms with Gasteiger partial charge in [-0.05, 0) is 14.1 Å². The molecule has 0 aromatic carbocycles. The summed E-state index contributed by atoms with van der Waals surface area (Å²) in [7, 11) is 3.97. The molecule has 0 saturated heterocycles. The first-order valence-electron chi connectivity index (χ1n) is 3.71. The normalized spacial score (nSPS) is 10.9. The predicted octanol–water partition coefficient (Wildman–Crippen LogP) is -1.32. The summed E-state index contributed by atoms with van der Waals surface area (Å²) in [6.07, 6.45) is 0.758. The standard InChI is InChI=1S/C6H14N6/c1-11(2)4-3-5-9-10-6(7)12(5)8/h3-4,8H2,1-2H3,(H2,7,10). The van der Waals surface area contributed by atoms with Crippen molar-refractivity contribution in [2.45, 2.75) is 6.42 Å². The average Bonchev–Trinajstić information content (AvgIpc) is 2.30. The van der Waals surface area contributed by atoms with Gasteiger partial charge in [-0.2, -0.15) is 0 Å². The first kappa shape index (κ1) is 8.79. The number of aromatic nitrogens is 3. The molecule has 1 rings (SSSR count). The van der Waals surface area contributed by atoms with Crippen molar-refractivity contribution in [3.05, 3.63) is 5.82 Å². The van der Waals surface area contributed by atoms with Crippen molar-refractivity contribution in [1.29, 1.82) is 0 Å². The predicted molar refractivity (Wildman–Crippen MR) is 46.8 cm³/mol. The lowest BCUT2D eigenvalue weighted by Crippen LogP contribution is -2.21. The van der Waals surface area contributed by atoms with Crippen LogP contribution in [0.4, 0.5) is 5.95 Å². The maximum Gasteiger partial charge on any atom is 0.240 e. The van der Waals surface area contributed by atoms with E-state index in [1.807, 2.05) is 19.0 Å². The summed E-state index contributed by atoms with van der Waals surface area (Å²) in [4.78, 5) is 2.05. The molecule has 1 aromatic heterocycles. The van der Waals surface area contributed by atoms with E-state index in [2.05, 4.69) is 10.2 Å². The zero-order valence-corrected chi connectivity index (χ0v) is 7.36. The monoisotopic (exact) mass is 170 g/mol. The molecule has 0 unspecified atom stereocenters. The van der Waals surface area contributed by atoms with Crippen LogP contribution in [0.3, 0.4) is 0 Å². The Balaban J connectivity index is 2.58. The Morgan fingerprint density at radius 2 is 2.08 bits per heavy atom. The van der Waals surface area contributed by atoms with E-state index in [0.717, 1.165) is 13.0 Å². The molecular formula is C6H14N6. The van der Waals surface area contributed by atoms with Gasteiger partial charge in [-0.3, -0.25) is 0 Å². The number of nitrogen functional groups attached to an aromatic ring is 2. The molecule has 68 valence electrons. The fraction of sp³-hybridized carbons (Fsp3) is 0.667. The van der Waals surface area contributed by atoms with Gasteiger partial charge in [-0.15, -0.1) is 10.2 Å². The highest BCUT2D eigenvalue weighted by Crippen LogP contribution is 1.98. The smallest absolute Gasteiger partial charge is 0.240 e. The Morgan fingerprint density at radius 3 is 2.50 bits per heavy atom. The van der Waals surface area contributed by atoms with Gasteiger partial charge in [-0.1, -0.05) is 0 Å². The summed E-state index contributed by atoms with van der Waals surface area (Å²) in [6.45, 7) is 0.884. The van der Waals surface area contributed by atoms with Crippen molar-refractivity contribution >= 4 is 5.95 Å². The topological polar surface area (TPSA) is 86.0 Å². The van der Waals surface area contributed by atoms with Crippen molar-refractivity contribution in [3.8, 4) is 0 Å². The summed E-state index contributed by atoms with van der Waals surface area (Å²) in [6, 6.07) is 0. The number of nitrogens with two attached hydrogens (primary N) is 2. The number of likely N-dealkylation sites (N-methyl/N-ethyl adjacent to an activating group) is 1. The molecule has 0 aliphatic heterocycles. The Labute approximate surface area is 71.1 Å². The van der Waals surface area contributed by atoms with E-state index in [9.17, 15) is 0 Å². The van der Waals surface area contributed by atoms with Crippen LogP contribution >= 0.6 is 0 Å². The highest BCUT2D eigenvalue weighted by Gasteiger charge is 2.05. The number of anilines is 1. The van der Waals surface area contributed by atoms with E-state index in [1.165, 1.54) is 4.68 Å². The molecule has 4 N–H and O–H groups in total. The average molecular weight is 170 g/mol. The molecule has 0 radical (unpaired) electrons. The first-order valence-corrected chi connectivity index (χ1v) is 3.71. The number of hydrogen-bond donors (Lipinski definition) is 2. The van der Waals surface area contributed by atoms with Crippen LogP contribution in [0, 0.1) is 0 Å². The first-order chi connectivity index (χ1) is 5.61. The molecule has 0 aliphatic carbocycles. The van der Waals surface area contributed by atoms with Crippen LogP contribution in [0.15, 0.2) is 0 Å². The summed E-state index contributed by atoms with van der Waals surface area (Å²) in [5.74, 6) is 6.50. The van der Waals surface area contributed by atoms with Crippen LogP contribution in [0.5, 0.6) is 0 Å². The molecule has 0 amide bonds. The van der Waals surface area contributed by atoms with Crippen molar-refractivity contribution in [2.75, 3.05) is 32.2 Å². The third-order valence-electron chi connectivity index (χ3n) is 1.58. The minimum atomic E-state index is 0.253. The summed E-state index contributed by atoms with van der Waals surface area (Å²) >= 11 is 0. The van der Waals surface area contributed by atoms with Gasteiger partial charge < -0.3 is 16.5 Å². The van der Waals surface area contributed by atoms with Gasteiger partial charge in [0.2, 0.25) is 5.95 Å². The van der Waals surface area contributed by atoms with E-state index in [0.29, 0.717) is 5.82 Å². The van der Waals surface area contributed by atoms with E-state index >= 15 is 0 Å².